The van der Waals surface area contributed by atoms with Crippen LogP contribution in [0.5, 0.6) is 0 Å². The first-order valence-electron chi connectivity index (χ1n) is 5.22. The van der Waals surface area contributed by atoms with Crippen molar-refractivity contribution in [3.63, 3.8) is 0 Å². The van der Waals surface area contributed by atoms with E-state index in [0.29, 0.717) is 6.04 Å². The Hall–Kier alpha value is -0.0800. The lowest BCUT2D eigenvalue weighted by Gasteiger charge is -2.12. The summed E-state index contributed by atoms with van der Waals surface area (Å²) in [5.74, 6) is 0. The van der Waals surface area contributed by atoms with Gasteiger partial charge in [-0.2, -0.15) is 0 Å². The second-order valence-electron chi connectivity index (χ2n) is 3.42. The van der Waals surface area contributed by atoms with Gasteiger partial charge in [0.1, 0.15) is 0 Å². The highest BCUT2D eigenvalue weighted by atomic mass is 14.9. The maximum Gasteiger partial charge on any atom is 0.0187 e. The van der Waals surface area contributed by atoms with Crippen molar-refractivity contribution in [1.82, 2.24) is 5.32 Å². The highest BCUT2D eigenvalue weighted by Crippen LogP contribution is 2.06. The minimum absolute atomic E-state index is 0.534. The molecule has 0 fully saturated rings. The molecule has 1 unspecified atom stereocenters. The first-order valence-corrected chi connectivity index (χ1v) is 5.22. The standard InChI is InChI=1S/C10H24N2/c1-3-4-5-6-7-8-10(9-11)12-2/h10,12H,3-9,11H2,1-2H3. The Labute approximate surface area is 76.9 Å². The molecule has 0 heterocycles. The molecule has 0 aromatic heterocycles. The Morgan fingerprint density at radius 3 is 2.33 bits per heavy atom. The molecular formula is C10H24N2. The number of unbranched alkanes of at least 4 members (excludes halogenated alkanes) is 4. The summed E-state index contributed by atoms with van der Waals surface area (Å²) in [4.78, 5) is 0. The van der Waals surface area contributed by atoms with Crippen LogP contribution in [-0.2, 0) is 0 Å². The zero-order valence-electron chi connectivity index (χ0n) is 8.60. The van der Waals surface area contributed by atoms with E-state index in [2.05, 4.69) is 12.2 Å². The van der Waals surface area contributed by atoms with Crippen molar-refractivity contribution in [3.05, 3.63) is 0 Å². The van der Waals surface area contributed by atoms with Crippen molar-refractivity contribution in [1.29, 1.82) is 0 Å². The topological polar surface area (TPSA) is 38.0 Å². The third-order valence-electron chi connectivity index (χ3n) is 2.35. The zero-order valence-corrected chi connectivity index (χ0v) is 8.60. The van der Waals surface area contributed by atoms with E-state index >= 15 is 0 Å². The van der Waals surface area contributed by atoms with Gasteiger partial charge < -0.3 is 11.1 Å². The van der Waals surface area contributed by atoms with Crippen molar-refractivity contribution in [2.45, 2.75) is 51.5 Å². The van der Waals surface area contributed by atoms with Crippen LogP contribution < -0.4 is 11.1 Å². The van der Waals surface area contributed by atoms with Crippen LogP contribution >= 0.6 is 0 Å². The van der Waals surface area contributed by atoms with Crippen LogP contribution in [-0.4, -0.2) is 19.6 Å². The third kappa shape index (κ3) is 6.62. The summed E-state index contributed by atoms with van der Waals surface area (Å²) in [6.07, 6.45) is 8.02. The summed E-state index contributed by atoms with van der Waals surface area (Å²) < 4.78 is 0. The summed E-state index contributed by atoms with van der Waals surface area (Å²) in [7, 11) is 1.99. The van der Waals surface area contributed by atoms with Gasteiger partial charge in [-0.3, -0.25) is 0 Å². The molecule has 2 heteroatoms. The minimum Gasteiger partial charge on any atom is -0.329 e. The van der Waals surface area contributed by atoms with Gasteiger partial charge in [0, 0.05) is 12.6 Å². The zero-order chi connectivity index (χ0) is 9.23. The fourth-order valence-corrected chi connectivity index (χ4v) is 1.37. The molecule has 0 bridgehead atoms. The lowest BCUT2D eigenvalue weighted by atomic mass is 10.1. The maximum atomic E-state index is 5.56. The summed E-state index contributed by atoms with van der Waals surface area (Å²) in [6, 6.07) is 0.534. The SMILES string of the molecule is CCCCCCCC(CN)NC. The first kappa shape index (κ1) is 11.9. The second-order valence-corrected chi connectivity index (χ2v) is 3.42. The van der Waals surface area contributed by atoms with E-state index in [-0.39, 0.29) is 0 Å². The van der Waals surface area contributed by atoms with Gasteiger partial charge in [-0.05, 0) is 13.5 Å². The highest BCUT2D eigenvalue weighted by molar-refractivity contribution is 4.64. The molecule has 0 aliphatic carbocycles. The molecule has 0 saturated carbocycles. The summed E-state index contributed by atoms with van der Waals surface area (Å²) in [5.41, 5.74) is 5.56. The smallest absolute Gasteiger partial charge is 0.0187 e. The molecule has 74 valence electrons. The number of rotatable bonds is 8. The van der Waals surface area contributed by atoms with E-state index in [1.807, 2.05) is 7.05 Å². The summed E-state index contributed by atoms with van der Waals surface area (Å²) >= 11 is 0. The number of hydrogen-bond acceptors (Lipinski definition) is 2. The Morgan fingerprint density at radius 1 is 1.17 bits per heavy atom. The van der Waals surface area contributed by atoms with Crippen LogP contribution in [0.1, 0.15) is 45.4 Å². The van der Waals surface area contributed by atoms with Crippen molar-refractivity contribution < 1.29 is 0 Å². The van der Waals surface area contributed by atoms with Crippen molar-refractivity contribution in [2.75, 3.05) is 13.6 Å². The van der Waals surface area contributed by atoms with Gasteiger partial charge in [-0.15, -0.1) is 0 Å². The third-order valence-corrected chi connectivity index (χ3v) is 2.35. The van der Waals surface area contributed by atoms with Gasteiger partial charge in [0.2, 0.25) is 0 Å². The van der Waals surface area contributed by atoms with Gasteiger partial charge >= 0.3 is 0 Å². The number of likely N-dealkylation sites (N-methyl/N-ethyl adjacent to an activating group) is 1. The first-order chi connectivity index (χ1) is 5.85. The summed E-state index contributed by atoms with van der Waals surface area (Å²) in [6.45, 7) is 3.01. The monoisotopic (exact) mass is 172 g/mol. The Kier molecular flexibility index (Phi) is 8.95. The number of hydrogen-bond donors (Lipinski definition) is 2. The molecular weight excluding hydrogens is 148 g/mol. The van der Waals surface area contributed by atoms with Crippen LogP contribution in [0, 0.1) is 0 Å². The van der Waals surface area contributed by atoms with Crippen LogP contribution in [0.4, 0.5) is 0 Å². The molecule has 2 nitrogen and oxygen atoms in total. The number of nitrogens with two attached hydrogens (primary N) is 1. The Balaban J connectivity index is 3.06. The molecule has 0 amide bonds. The maximum absolute atomic E-state index is 5.56. The van der Waals surface area contributed by atoms with Crippen molar-refractivity contribution >= 4 is 0 Å². The molecule has 0 rings (SSSR count). The predicted octanol–water partition coefficient (Wildman–Crippen LogP) is 1.89. The van der Waals surface area contributed by atoms with Gasteiger partial charge in [0.05, 0.1) is 0 Å². The van der Waals surface area contributed by atoms with Crippen LogP contribution in [0.2, 0.25) is 0 Å². The molecule has 1 atom stereocenters. The lowest BCUT2D eigenvalue weighted by Crippen LogP contribution is -2.32. The normalized spacial score (nSPS) is 13.2. The van der Waals surface area contributed by atoms with Gasteiger partial charge in [0.25, 0.3) is 0 Å². The molecule has 0 saturated heterocycles. The highest BCUT2D eigenvalue weighted by Gasteiger charge is 2.01. The molecule has 0 aliphatic heterocycles. The number of nitrogens with one attached hydrogen (secondary N) is 1. The largest absolute Gasteiger partial charge is 0.329 e. The van der Waals surface area contributed by atoms with E-state index < -0.39 is 0 Å². The molecule has 3 N–H and O–H groups in total. The molecule has 0 aromatic rings. The van der Waals surface area contributed by atoms with Crippen molar-refractivity contribution in [2.24, 2.45) is 5.73 Å². The van der Waals surface area contributed by atoms with Gasteiger partial charge in [0.15, 0.2) is 0 Å². The molecule has 0 aliphatic rings. The average Bonchev–Trinajstić information content (AvgIpc) is 2.11. The van der Waals surface area contributed by atoms with Crippen LogP contribution in [0.3, 0.4) is 0 Å². The van der Waals surface area contributed by atoms with Crippen molar-refractivity contribution in [3.8, 4) is 0 Å². The fraction of sp³-hybridized carbons (Fsp3) is 1.00. The van der Waals surface area contributed by atoms with Gasteiger partial charge in [-0.25, -0.2) is 0 Å². The predicted molar refractivity (Wildman–Crippen MR) is 55.3 cm³/mol. The summed E-state index contributed by atoms with van der Waals surface area (Å²) in [5, 5.41) is 3.22. The van der Waals surface area contributed by atoms with E-state index in [4.69, 9.17) is 5.73 Å². The molecule has 12 heavy (non-hydrogen) atoms. The Bertz CT molecular complexity index is 79.9. The molecule has 0 aromatic carbocycles. The quantitative estimate of drug-likeness (QED) is 0.549. The van der Waals surface area contributed by atoms with E-state index in [9.17, 15) is 0 Å². The second kappa shape index (κ2) is 9.01. The van der Waals surface area contributed by atoms with E-state index in [0.717, 1.165) is 6.54 Å². The average molecular weight is 172 g/mol. The van der Waals surface area contributed by atoms with Crippen LogP contribution in [0.25, 0.3) is 0 Å². The van der Waals surface area contributed by atoms with E-state index in [1.165, 1.54) is 38.5 Å². The van der Waals surface area contributed by atoms with E-state index in [1.54, 1.807) is 0 Å². The minimum atomic E-state index is 0.534. The molecule has 0 radical (unpaired) electrons. The Morgan fingerprint density at radius 2 is 1.83 bits per heavy atom. The fourth-order valence-electron chi connectivity index (χ4n) is 1.37. The van der Waals surface area contributed by atoms with Crippen LogP contribution in [0.15, 0.2) is 0 Å². The lowest BCUT2D eigenvalue weighted by molar-refractivity contribution is 0.491. The van der Waals surface area contributed by atoms with Gasteiger partial charge in [-0.1, -0.05) is 39.0 Å². The molecule has 0 spiro atoms.